The van der Waals surface area contributed by atoms with E-state index in [1.165, 1.54) is 17.1 Å². The number of nitrogens with zero attached hydrogens (tertiary/aromatic N) is 6. The van der Waals surface area contributed by atoms with Crippen molar-refractivity contribution < 1.29 is 56.9 Å². The van der Waals surface area contributed by atoms with Gasteiger partial charge in [-0.05, 0) is 6.07 Å². The molecule has 2 bridgehead atoms. The average molecular weight is 673 g/mol. The molecule has 9 N–H and O–H groups in total. The number of hydrogen-bond donors (Lipinski definition) is 7. The van der Waals surface area contributed by atoms with E-state index in [4.69, 9.17) is 39.2 Å². The van der Waals surface area contributed by atoms with Gasteiger partial charge in [0.05, 0.1) is 18.3 Å². The Hall–Kier alpha value is -3.37. The maximum atomic E-state index is 13.2. The first-order chi connectivity index (χ1) is 21.3. The number of rotatable bonds is 2. The lowest BCUT2D eigenvalue weighted by Gasteiger charge is -2.25. The first-order valence-electron chi connectivity index (χ1n) is 13.1. The normalized spacial score (nSPS) is 37.7. The highest BCUT2D eigenvalue weighted by molar-refractivity contribution is 7.52. The van der Waals surface area contributed by atoms with Crippen LogP contribution in [0.1, 0.15) is 12.5 Å². The molecule has 45 heavy (non-hydrogen) atoms. The minimum Gasteiger partial charge on any atom is -0.386 e. The molecule has 4 aromatic rings. The summed E-state index contributed by atoms with van der Waals surface area (Å²) in [6.07, 6.45) is -10.2. The molecular weight excluding hydrogens is 648 g/mol. The third-order valence-corrected chi connectivity index (χ3v) is 9.40. The van der Waals surface area contributed by atoms with Gasteiger partial charge in [-0.2, -0.15) is 4.98 Å². The molecule has 0 amide bonds. The molecule has 3 aliphatic rings. The molecule has 3 aliphatic heterocycles. The van der Waals surface area contributed by atoms with Crippen molar-refractivity contribution in [3.05, 3.63) is 35.3 Å². The Morgan fingerprint density at radius 3 is 2.58 bits per heavy atom. The monoisotopic (exact) mass is 673 g/mol. The van der Waals surface area contributed by atoms with Crippen molar-refractivity contribution in [2.75, 3.05) is 24.4 Å². The predicted octanol–water partition coefficient (Wildman–Crippen LogP) is -1.74. The van der Waals surface area contributed by atoms with Crippen molar-refractivity contribution >= 4 is 49.4 Å². The number of aromatic amines is 1. The molecular formula is C21H25N9O13P2. The molecule has 0 radical (unpaired) electrons. The lowest BCUT2D eigenvalue weighted by Crippen LogP contribution is -2.36. The number of hydrogen-bond acceptors (Lipinski definition) is 17. The fourth-order valence-corrected chi connectivity index (χ4v) is 7.34. The second kappa shape index (κ2) is 10.9. The number of aliphatic hydroxyl groups is 2. The van der Waals surface area contributed by atoms with Crippen LogP contribution >= 0.6 is 15.4 Å². The van der Waals surface area contributed by atoms with E-state index in [0.29, 0.717) is 5.39 Å². The van der Waals surface area contributed by atoms with Crippen molar-refractivity contribution in [1.29, 1.82) is 0 Å². The van der Waals surface area contributed by atoms with E-state index >= 15 is 0 Å². The lowest BCUT2D eigenvalue weighted by atomic mass is 10.1. The number of phosphoric ester groups is 1. The number of aliphatic hydroxyl groups excluding tert-OH is 2. The Balaban J connectivity index is 1.21. The van der Waals surface area contributed by atoms with Gasteiger partial charge in [0, 0.05) is 6.20 Å². The minimum atomic E-state index is -5.12. The highest BCUT2D eigenvalue weighted by Crippen LogP contribution is 2.53. The number of phosphoric acid groups is 1. The number of nitrogen functional groups attached to an aromatic ring is 2. The van der Waals surface area contributed by atoms with Crippen LogP contribution in [0.4, 0.5) is 11.8 Å². The maximum Gasteiger partial charge on any atom is 0.472 e. The van der Waals surface area contributed by atoms with Crippen molar-refractivity contribution in [3.8, 4) is 0 Å². The average Bonchev–Trinajstić information content (AvgIpc) is 3.72. The molecule has 2 unspecified atom stereocenters. The van der Waals surface area contributed by atoms with E-state index in [1.54, 1.807) is 6.07 Å². The van der Waals surface area contributed by atoms with Gasteiger partial charge in [-0.1, -0.05) is 0 Å². The first kappa shape index (κ1) is 30.3. The zero-order chi connectivity index (χ0) is 31.8. The molecule has 22 nitrogen and oxygen atoms in total. The Labute approximate surface area is 249 Å². The van der Waals surface area contributed by atoms with Crippen LogP contribution in [0, 0.1) is 0 Å². The van der Waals surface area contributed by atoms with Gasteiger partial charge in [-0.3, -0.25) is 32.5 Å². The van der Waals surface area contributed by atoms with Crippen LogP contribution in [0.2, 0.25) is 0 Å². The Morgan fingerprint density at radius 2 is 1.78 bits per heavy atom. The molecule has 7 rings (SSSR count). The third kappa shape index (κ3) is 5.33. The van der Waals surface area contributed by atoms with E-state index in [-0.39, 0.29) is 28.6 Å². The van der Waals surface area contributed by atoms with Crippen LogP contribution in [-0.2, 0) is 36.9 Å². The predicted molar refractivity (Wildman–Crippen MR) is 146 cm³/mol. The van der Waals surface area contributed by atoms with Crippen LogP contribution < -0.4 is 17.0 Å². The Kier molecular flexibility index (Phi) is 7.32. The summed E-state index contributed by atoms with van der Waals surface area (Å²) in [5.74, 6) is -0.138. The molecule has 3 saturated heterocycles. The van der Waals surface area contributed by atoms with Gasteiger partial charge in [0.25, 0.3) is 5.56 Å². The van der Waals surface area contributed by atoms with Crippen LogP contribution in [0.5, 0.6) is 0 Å². The van der Waals surface area contributed by atoms with E-state index < -0.39 is 83.2 Å². The van der Waals surface area contributed by atoms with Gasteiger partial charge in [-0.25, -0.2) is 19.5 Å². The summed E-state index contributed by atoms with van der Waals surface area (Å²) in [7, 11) is -9.89. The van der Waals surface area contributed by atoms with Crippen molar-refractivity contribution in [3.63, 3.8) is 0 Å². The number of anilines is 2. The van der Waals surface area contributed by atoms with Gasteiger partial charge in [-0.15, -0.1) is 0 Å². The summed E-state index contributed by atoms with van der Waals surface area (Å²) in [4.78, 5) is 51.9. The number of fused-ring (bicyclic) bond motifs is 5. The summed E-state index contributed by atoms with van der Waals surface area (Å²) in [6, 6.07) is 1.56. The molecule has 0 spiro atoms. The lowest BCUT2D eigenvalue weighted by molar-refractivity contribution is -0.168. The van der Waals surface area contributed by atoms with Crippen LogP contribution in [-0.4, -0.2) is 104 Å². The molecule has 0 saturated carbocycles. The summed E-state index contributed by atoms with van der Waals surface area (Å²) in [5.41, 5.74) is 10.8. The van der Waals surface area contributed by atoms with Crippen LogP contribution in [0.15, 0.2) is 29.7 Å². The zero-order valence-electron chi connectivity index (χ0n) is 22.5. The highest BCUT2D eigenvalue weighted by Gasteiger charge is 2.54. The fraction of sp³-hybridized carbons (Fsp3) is 0.476. The van der Waals surface area contributed by atoms with Gasteiger partial charge >= 0.3 is 15.4 Å². The highest BCUT2D eigenvalue weighted by atomic mass is 31.2. The molecule has 24 heteroatoms. The number of ether oxygens (including phenoxy) is 3. The smallest absolute Gasteiger partial charge is 0.386 e. The maximum absolute atomic E-state index is 13.2. The van der Waals surface area contributed by atoms with Crippen molar-refractivity contribution in [1.82, 2.24) is 34.1 Å². The first-order valence-corrected chi connectivity index (χ1v) is 16.3. The summed E-state index contributed by atoms with van der Waals surface area (Å²) >= 11 is 0. The summed E-state index contributed by atoms with van der Waals surface area (Å²) in [6.45, 7) is -0.803. The number of nitrogens with two attached hydrogens (primary N) is 2. The van der Waals surface area contributed by atoms with Gasteiger partial charge in [0.15, 0.2) is 36.3 Å². The summed E-state index contributed by atoms with van der Waals surface area (Å²) in [5, 5.41) is 22.6. The van der Waals surface area contributed by atoms with E-state index in [2.05, 4.69) is 24.9 Å². The topological polar surface area (TPSA) is 317 Å². The number of nitrogens with one attached hydrogen (secondary N) is 1. The minimum absolute atomic E-state index is 0.138. The van der Waals surface area contributed by atoms with Crippen molar-refractivity contribution in [2.24, 2.45) is 0 Å². The van der Waals surface area contributed by atoms with Crippen LogP contribution in [0.25, 0.3) is 22.2 Å². The van der Waals surface area contributed by atoms with Crippen LogP contribution in [0.3, 0.4) is 0 Å². The van der Waals surface area contributed by atoms with Gasteiger partial charge in [0.2, 0.25) is 5.95 Å². The molecule has 10 atom stereocenters. The third-order valence-electron chi connectivity index (χ3n) is 7.36. The molecule has 242 valence electrons. The van der Waals surface area contributed by atoms with Gasteiger partial charge in [0.1, 0.15) is 48.3 Å². The number of H-pyrrole nitrogens is 1. The number of imidazole rings is 1. The standard InChI is InChI=1S/C21H25N9O13P2/c22-14-7-1-2-29(15(7)25-4-24-14)18-10(31)12-8(40-18)3-39-45(36,37)43-13-11(32)20(38-6-44(34,35)42-12)41-19(13)30-5-26-9-16(30)27-21(23)28-17(9)33/h1-2,4-5,8,10-13,18-20,31-32H,3,6H2,(H,34,35)(H,36,37)(H2,22,24,25)(H3,23,27,28,33)/t8-,10-,11+,12-,13-,18-,19-,20+/m1/s1. The van der Waals surface area contributed by atoms with E-state index in [0.717, 1.165) is 10.9 Å². The molecule has 7 heterocycles. The van der Waals surface area contributed by atoms with E-state index in [9.17, 15) is 33.9 Å². The van der Waals surface area contributed by atoms with Crippen molar-refractivity contribution in [2.45, 2.75) is 49.3 Å². The SMILES string of the molecule is Nc1nc2c(ncn2[C@@H]2O[C@@H]3OCP(=O)(O)O[C@H]4[C@@H](O)[C@H](n5ccc6c(N)ncnc65)O[C@@H]4COP(=O)(O)O[C@@H]2[C@@H]3O)c(=O)[nH]1. The molecule has 4 aromatic heterocycles. The second-order valence-corrected chi connectivity index (χ2v) is 13.4. The quantitative estimate of drug-likeness (QED) is 0.116. The Morgan fingerprint density at radius 1 is 0.978 bits per heavy atom. The zero-order valence-corrected chi connectivity index (χ0v) is 24.3. The largest absolute Gasteiger partial charge is 0.472 e. The second-order valence-electron chi connectivity index (χ2n) is 10.3. The molecule has 0 aliphatic carbocycles. The number of aromatic nitrogens is 7. The fourth-order valence-electron chi connectivity index (χ4n) is 5.37. The molecule has 0 aromatic carbocycles. The Bertz CT molecular complexity index is 1930. The van der Waals surface area contributed by atoms with E-state index in [1.807, 2.05) is 0 Å². The summed E-state index contributed by atoms with van der Waals surface area (Å²) < 4.78 is 61.6. The molecule has 3 fully saturated rings. The van der Waals surface area contributed by atoms with Gasteiger partial charge < -0.3 is 50.2 Å².